The minimum absolute atomic E-state index is 0.146. The first-order valence-corrected chi connectivity index (χ1v) is 10.1. The molecule has 150 valence electrons. The second-order valence-corrected chi connectivity index (χ2v) is 7.45. The van der Waals surface area contributed by atoms with Crippen molar-refractivity contribution in [3.05, 3.63) is 77.9 Å². The number of benzene rings is 2. The SMILES string of the molecule is C[C@H]1CN(C(=O)CCCOc2ccccc2)Cc2nnc(Cc3ccccc3)n21. The van der Waals surface area contributed by atoms with Gasteiger partial charge in [-0.1, -0.05) is 48.5 Å². The number of hydrogen-bond acceptors (Lipinski definition) is 4. The van der Waals surface area contributed by atoms with Crippen molar-refractivity contribution >= 4 is 5.91 Å². The Kier molecular flexibility index (Phi) is 5.89. The van der Waals surface area contributed by atoms with Gasteiger partial charge < -0.3 is 14.2 Å². The van der Waals surface area contributed by atoms with Crippen LogP contribution in [0.1, 0.15) is 43.0 Å². The highest BCUT2D eigenvalue weighted by Gasteiger charge is 2.28. The van der Waals surface area contributed by atoms with Gasteiger partial charge in [-0.3, -0.25) is 4.79 Å². The van der Waals surface area contributed by atoms with E-state index in [-0.39, 0.29) is 11.9 Å². The smallest absolute Gasteiger partial charge is 0.223 e. The third-order valence-corrected chi connectivity index (χ3v) is 5.20. The highest BCUT2D eigenvalue weighted by molar-refractivity contribution is 5.76. The van der Waals surface area contributed by atoms with Crippen LogP contribution in [-0.2, 0) is 17.8 Å². The van der Waals surface area contributed by atoms with Gasteiger partial charge in [0.25, 0.3) is 0 Å². The number of hydrogen-bond donors (Lipinski definition) is 0. The molecule has 2 aromatic carbocycles. The highest BCUT2D eigenvalue weighted by atomic mass is 16.5. The molecule has 0 fully saturated rings. The number of rotatable bonds is 7. The molecule has 0 aliphatic carbocycles. The summed E-state index contributed by atoms with van der Waals surface area (Å²) >= 11 is 0. The number of amides is 1. The fraction of sp³-hybridized carbons (Fsp3) is 0.348. The Morgan fingerprint density at radius 3 is 2.55 bits per heavy atom. The largest absolute Gasteiger partial charge is 0.494 e. The third-order valence-electron chi connectivity index (χ3n) is 5.20. The van der Waals surface area contributed by atoms with Gasteiger partial charge in [0.2, 0.25) is 5.91 Å². The van der Waals surface area contributed by atoms with Gasteiger partial charge in [-0.25, -0.2) is 0 Å². The Hall–Kier alpha value is -3.15. The summed E-state index contributed by atoms with van der Waals surface area (Å²) in [5, 5.41) is 8.77. The van der Waals surface area contributed by atoms with Crippen molar-refractivity contribution < 1.29 is 9.53 Å². The first-order valence-electron chi connectivity index (χ1n) is 10.1. The number of nitrogens with zero attached hydrogens (tertiary/aromatic N) is 4. The molecule has 2 heterocycles. The molecule has 0 unspecified atom stereocenters. The van der Waals surface area contributed by atoms with E-state index in [1.165, 1.54) is 5.56 Å². The lowest BCUT2D eigenvalue weighted by Gasteiger charge is -2.32. The van der Waals surface area contributed by atoms with Crippen LogP contribution in [0.15, 0.2) is 60.7 Å². The quantitative estimate of drug-likeness (QED) is 0.578. The van der Waals surface area contributed by atoms with E-state index < -0.39 is 0 Å². The predicted molar refractivity (Wildman–Crippen MR) is 111 cm³/mol. The van der Waals surface area contributed by atoms with Crippen LogP contribution in [0, 0.1) is 0 Å². The van der Waals surface area contributed by atoms with Gasteiger partial charge in [-0.15, -0.1) is 10.2 Å². The molecule has 0 saturated heterocycles. The molecule has 1 amide bonds. The first-order chi connectivity index (χ1) is 14.2. The lowest BCUT2D eigenvalue weighted by molar-refractivity contribution is -0.133. The van der Waals surface area contributed by atoms with Crippen molar-refractivity contribution in [2.75, 3.05) is 13.2 Å². The number of aromatic nitrogens is 3. The fourth-order valence-electron chi connectivity index (χ4n) is 3.79. The average molecular weight is 390 g/mol. The third kappa shape index (κ3) is 4.65. The van der Waals surface area contributed by atoms with Gasteiger partial charge in [0.15, 0.2) is 5.82 Å². The van der Waals surface area contributed by atoms with E-state index in [2.05, 4.69) is 33.8 Å². The molecule has 4 rings (SSSR count). The van der Waals surface area contributed by atoms with E-state index in [9.17, 15) is 4.79 Å². The zero-order valence-corrected chi connectivity index (χ0v) is 16.7. The van der Waals surface area contributed by atoms with Crippen LogP contribution < -0.4 is 4.74 Å². The van der Waals surface area contributed by atoms with E-state index in [1.807, 2.05) is 53.4 Å². The van der Waals surface area contributed by atoms with Crippen LogP contribution in [0.4, 0.5) is 0 Å². The molecular weight excluding hydrogens is 364 g/mol. The molecule has 0 N–H and O–H groups in total. The first kappa shape index (κ1) is 19.2. The summed E-state index contributed by atoms with van der Waals surface area (Å²) in [5.74, 6) is 2.81. The maximum atomic E-state index is 12.7. The molecule has 0 saturated carbocycles. The molecule has 1 aromatic heterocycles. The molecule has 3 aromatic rings. The number of carbonyl (C=O) groups is 1. The summed E-state index contributed by atoms with van der Waals surface area (Å²) in [7, 11) is 0. The highest BCUT2D eigenvalue weighted by Crippen LogP contribution is 2.23. The van der Waals surface area contributed by atoms with Crippen molar-refractivity contribution in [3.8, 4) is 5.75 Å². The molecule has 1 aliphatic heterocycles. The standard InChI is InChI=1S/C23H26N4O2/c1-18-16-26(23(28)13-8-14-29-20-11-6-3-7-12-20)17-22-25-24-21(27(18)22)15-19-9-4-2-5-10-19/h2-7,9-12,18H,8,13-17H2,1H3/t18-/m0/s1. The monoisotopic (exact) mass is 390 g/mol. The van der Waals surface area contributed by atoms with Crippen LogP contribution in [0.2, 0.25) is 0 Å². The Morgan fingerprint density at radius 1 is 1.07 bits per heavy atom. The summed E-state index contributed by atoms with van der Waals surface area (Å²) in [6.07, 6.45) is 1.93. The number of para-hydroxylation sites is 1. The molecule has 0 radical (unpaired) electrons. The average Bonchev–Trinajstić information content (AvgIpc) is 3.16. The van der Waals surface area contributed by atoms with Crippen LogP contribution in [0.5, 0.6) is 5.75 Å². The van der Waals surface area contributed by atoms with Crippen LogP contribution in [0.3, 0.4) is 0 Å². The van der Waals surface area contributed by atoms with Crippen LogP contribution in [-0.4, -0.2) is 38.7 Å². The molecule has 1 aliphatic rings. The molecule has 0 spiro atoms. The topological polar surface area (TPSA) is 60.3 Å². The summed E-state index contributed by atoms with van der Waals surface area (Å²) in [6.45, 7) is 3.87. The number of carbonyl (C=O) groups excluding carboxylic acids is 1. The maximum absolute atomic E-state index is 12.7. The molecule has 6 nitrogen and oxygen atoms in total. The minimum atomic E-state index is 0.146. The lowest BCUT2D eigenvalue weighted by Crippen LogP contribution is -2.40. The minimum Gasteiger partial charge on any atom is -0.494 e. The lowest BCUT2D eigenvalue weighted by atomic mass is 10.1. The predicted octanol–water partition coefficient (Wildman–Crippen LogP) is 3.63. The van der Waals surface area contributed by atoms with E-state index in [1.54, 1.807) is 0 Å². The fourth-order valence-corrected chi connectivity index (χ4v) is 3.79. The van der Waals surface area contributed by atoms with E-state index in [0.717, 1.165) is 23.8 Å². The van der Waals surface area contributed by atoms with Crippen molar-refractivity contribution in [2.24, 2.45) is 0 Å². The van der Waals surface area contributed by atoms with E-state index in [0.29, 0.717) is 32.5 Å². The van der Waals surface area contributed by atoms with E-state index >= 15 is 0 Å². The maximum Gasteiger partial charge on any atom is 0.223 e. The van der Waals surface area contributed by atoms with Gasteiger partial charge in [0.1, 0.15) is 11.6 Å². The van der Waals surface area contributed by atoms with Gasteiger partial charge >= 0.3 is 0 Å². The molecular formula is C23H26N4O2. The van der Waals surface area contributed by atoms with Crippen LogP contribution in [0.25, 0.3) is 0 Å². The van der Waals surface area contributed by atoms with Crippen molar-refractivity contribution in [3.63, 3.8) is 0 Å². The summed E-state index contributed by atoms with van der Waals surface area (Å²) in [6, 6.07) is 20.1. The second-order valence-electron chi connectivity index (χ2n) is 7.45. The van der Waals surface area contributed by atoms with Crippen molar-refractivity contribution in [1.29, 1.82) is 0 Å². The molecule has 1 atom stereocenters. The number of ether oxygens (including phenoxy) is 1. The Morgan fingerprint density at radius 2 is 1.79 bits per heavy atom. The van der Waals surface area contributed by atoms with Crippen LogP contribution >= 0.6 is 0 Å². The van der Waals surface area contributed by atoms with Gasteiger partial charge in [0, 0.05) is 19.4 Å². The molecule has 6 heteroatoms. The molecule has 29 heavy (non-hydrogen) atoms. The normalized spacial score (nSPS) is 15.8. The Balaban J connectivity index is 1.32. The Bertz CT molecular complexity index is 940. The van der Waals surface area contributed by atoms with Gasteiger partial charge in [-0.2, -0.15) is 0 Å². The van der Waals surface area contributed by atoms with Crippen molar-refractivity contribution in [1.82, 2.24) is 19.7 Å². The van der Waals surface area contributed by atoms with Gasteiger partial charge in [-0.05, 0) is 31.0 Å². The zero-order chi connectivity index (χ0) is 20.1. The Labute approximate surface area is 171 Å². The zero-order valence-electron chi connectivity index (χ0n) is 16.7. The number of fused-ring (bicyclic) bond motifs is 1. The summed E-state index contributed by atoms with van der Waals surface area (Å²) in [4.78, 5) is 14.6. The second kappa shape index (κ2) is 8.90. The van der Waals surface area contributed by atoms with E-state index in [4.69, 9.17) is 4.74 Å². The molecule has 0 bridgehead atoms. The van der Waals surface area contributed by atoms with Gasteiger partial charge in [0.05, 0.1) is 19.2 Å². The summed E-state index contributed by atoms with van der Waals surface area (Å²) in [5.41, 5.74) is 1.21. The summed E-state index contributed by atoms with van der Waals surface area (Å²) < 4.78 is 7.87. The van der Waals surface area contributed by atoms with Crippen molar-refractivity contribution in [2.45, 2.75) is 38.8 Å².